The number of hydrogen-bond donors (Lipinski definition) is 2. The van der Waals surface area contributed by atoms with E-state index in [4.69, 9.17) is 0 Å². The maximum atomic E-state index is 12.6. The quantitative estimate of drug-likeness (QED) is 0.877. The second-order valence-corrected chi connectivity index (χ2v) is 5.39. The summed E-state index contributed by atoms with van der Waals surface area (Å²) in [5, 5.41) is 9.50. The lowest BCUT2D eigenvalue weighted by atomic mass is 9.81. The number of aromatic nitrogens is 2. The van der Waals surface area contributed by atoms with Crippen molar-refractivity contribution >= 4 is 11.6 Å². The lowest BCUT2D eigenvalue weighted by Gasteiger charge is -2.29. The molecule has 0 radical (unpaired) electrons. The molecule has 20 heavy (non-hydrogen) atoms. The Balaban J connectivity index is 1.93. The Hall–Kier alpha value is -1.53. The van der Waals surface area contributed by atoms with E-state index < -0.39 is 12.1 Å². The van der Waals surface area contributed by atoms with Crippen LogP contribution in [0.2, 0.25) is 0 Å². The first-order valence-electron chi connectivity index (χ1n) is 6.68. The minimum absolute atomic E-state index is 0.0327. The van der Waals surface area contributed by atoms with Crippen LogP contribution in [-0.2, 0) is 4.79 Å². The fourth-order valence-corrected chi connectivity index (χ4v) is 2.64. The van der Waals surface area contributed by atoms with E-state index in [-0.39, 0.29) is 37.5 Å². The van der Waals surface area contributed by atoms with Crippen LogP contribution in [0.15, 0.2) is 0 Å². The molecule has 0 spiro atoms. The summed E-state index contributed by atoms with van der Waals surface area (Å²) in [6.45, 7) is 3.55. The Kier molecular flexibility index (Phi) is 4.06. The number of nitrogens with zero attached hydrogens (tertiary/aromatic N) is 1. The molecule has 1 fully saturated rings. The Morgan fingerprint density at radius 2 is 1.85 bits per heavy atom. The highest BCUT2D eigenvalue weighted by molar-refractivity contribution is 5.93. The smallest absolute Gasteiger partial charge is 0.323 e. The summed E-state index contributed by atoms with van der Waals surface area (Å²) in [6, 6.07) is 0. The van der Waals surface area contributed by atoms with Gasteiger partial charge in [0.25, 0.3) is 0 Å². The van der Waals surface area contributed by atoms with E-state index in [1.165, 1.54) is 0 Å². The van der Waals surface area contributed by atoms with Crippen LogP contribution in [-0.4, -0.2) is 22.3 Å². The number of rotatable bonds is 2. The first-order chi connectivity index (χ1) is 9.29. The summed E-state index contributed by atoms with van der Waals surface area (Å²) in [6.07, 6.45) is -3.51. The molecule has 0 saturated heterocycles. The number of nitrogens with one attached hydrogen (secondary N) is 2. The topological polar surface area (TPSA) is 57.8 Å². The van der Waals surface area contributed by atoms with Crippen molar-refractivity contribution in [2.45, 2.75) is 45.7 Å². The van der Waals surface area contributed by atoms with Crippen molar-refractivity contribution in [3.05, 3.63) is 11.4 Å². The van der Waals surface area contributed by atoms with Gasteiger partial charge in [-0.3, -0.25) is 9.89 Å². The number of carbonyl (C=O) groups is 1. The van der Waals surface area contributed by atoms with Gasteiger partial charge in [-0.25, -0.2) is 0 Å². The summed E-state index contributed by atoms with van der Waals surface area (Å²) in [5.74, 6) is -1.82. The molecule has 1 heterocycles. The molecule has 1 aromatic heterocycles. The number of carbonyl (C=O) groups excluding carboxylic acids is 1. The van der Waals surface area contributed by atoms with Crippen molar-refractivity contribution in [1.82, 2.24) is 10.2 Å². The van der Waals surface area contributed by atoms with Crippen LogP contribution in [0.5, 0.6) is 0 Å². The molecule has 1 saturated carbocycles. The number of aromatic amines is 1. The zero-order chi connectivity index (χ0) is 14.9. The Labute approximate surface area is 115 Å². The van der Waals surface area contributed by atoms with Gasteiger partial charge in [-0.1, -0.05) is 0 Å². The van der Waals surface area contributed by atoms with Crippen LogP contribution in [0, 0.1) is 25.7 Å². The lowest BCUT2D eigenvalue weighted by Crippen LogP contribution is -2.32. The maximum absolute atomic E-state index is 12.6. The van der Waals surface area contributed by atoms with Crippen molar-refractivity contribution in [2.24, 2.45) is 11.8 Å². The fourth-order valence-electron chi connectivity index (χ4n) is 2.64. The molecule has 0 unspecified atom stereocenters. The third-order valence-corrected chi connectivity index (χ3v) is 3.94. The normalized spacial score (nSPS) is 23.6. The zero-order valence-corrected chi connectivity index (χ0v) is 11.5. The number of alkyl halides is 3. The summed E-state index contributed by atoms with van der Waals surface area (Å²) in [4.78, 5) is 12.1. The van der Waals surface area contributed by atoms with Crippen molar-refractivity contribution in [2.75, 3.05) is 5.32 Å². The Morgan fingerprint density at radius 3 is 2.30 bits per heavy atom. The highest BCUT2D eigenvalue weighted by Crippen LogP contribution is 2.39. The molecule has 2 rings (SSSR count). The number of hydrogen-bond acceptors (Lipinski definition) is 2. The molecule has 1 aromatic rings. The maximum Gasteiger partial charge on any atom is 0.391 e. The van der Waals surface area contributed by atoms with Gasteiger partial charge in [-0.2, -0.15) is 18.3 Å². The molecular weight excluding hydrogens is 271 g/mol. The number of aryl methyl sites for hydroxylation is 2. The van der Waals surface area contributed by atoms with Crippen LogP contribution >= 0.6 is 0 Å². The largest absolute Gasteiger partial charge is 0.391 e. The van der Waals surface area contributed by atoms with Crippen LogP contribution < -0.4 is 5.32 Å². The van der Waals surface area contributed by atoms with Crippen molar-refractivity contribution < 1.29 is 18.0 Å². The van der Waals surface area contributed by atoms with Gasteiger partial charge < -0.3 is 5.32 Å². The van der Waals surface area contributed by atoms with Crippen molar-refractivity contribution in [3.63, 3.8) is 0 Å². The van der Waals surface area contributed by atoms with E-state index in [2.05, 4.69) is 15.5 Å². The molecule has 2 N–H and O–H groups in total. The van der Waals surface area contributed by atoms with E-state index in [1.54, 1.807) is 13.8 Å². The predicted octanol–water partition coefficient (Wildman–Crippen LogP) is 3.33. The molecular formula is C13H18F3N3O. The summed E-state index contributed by atoms with van der Waals surface area (Å²) >= 11 is 0. The lowest BCUT2D eigenvalue weighted by molar-refractivity contribution is -0.184. The van der Waals surface area contributed by atoms with E-state index in [0.29, 0.717) is 11.4 Å². The van der Waals surface area contributed by atoms with E-state index >= 15 is 0 Å². The van der Waals surface area contributed by atoms with Gasteiger partial charge in [0.1, 0.15) is 0 Å². The molecule has 1 aliphatic rings. The second-order valence-electron chi connectivity index (χ2n) is 5.39. The molecule has 0 aliphatic heterocycles. The van der Waals surface area contributed by atoms with Crippen molar-refractivity contribution in [3.8, 4) is 0 Å². The molecule has 0 aromatic carbocycles. The number of halogens is 3. The predicted molar refractivity (Wildman–Crippen MR) is 68.2 cm³/mol. The molecule has 112 valence electrons. The average molecular weight is 289 g/mol. The average Bonchev–Trinajstić information content (AvgIpc) is 2.69. The van der Waals surface area contributed by atoms with Gasteiger partial charge >= 0.3 is 6.18 Å². The molecule has 0 bridgehead atoms. The van der Waals surface area contributed by atoms with Crippen LogP contribution in [0.3, 0.4) is 0 Å². The van der Waals surface area contributed by atoms with E-state index in [0.717, 1.165) is 5.69 Å². The van der Waals surface area contributed by atoms with Crippen LogP contribution in [0.4, 0.5) is 18.9 Å². The highest BCUT2D eigenvalue weighted by Gasteiger charge is 2.42. The zero-order valence-electron chi connectivity index (χ0n) is 11.5. The van der Waals surface area contributed by atoms with Gasteiger partial charge in [0, 0.05) is 5.92 Å². The van der Waals surface area contributed by atoms with Crippen LogP contribution in [0.1, 0.15) is 37.1 Å². The third kappa shape index (κ3) is 3.13. The fraction of sp³-hybridized carbons (Fsp3) is 0.692. The molecule has 4 nitrogen and oxygen atoms in total. The summed E-state index contributed by atoms with van der Waals surface area (Å²) < 4.78 is 37.7. The SMILES string of the molecule is Cc1n[nH]c(C)c1NC(=O)C1CCC(C(F)(F)F)CC1. The van der Waals surface area contributed by atoms with Crippen LogP contribution in [0.25, 0.3) is 0 Å². The molecule has 0 atom stereocenters. The summed E-state index contributed by atoms with van der Waals surface area (Å²) in [7, 11) is 0. The molecule has 7 heteroatoms. The molecule has 1 aliphatic carbocycles. The number of anilines is 1. The van der Waals surface area contributed by atoms with Gasteiger partial charge in [-0.15, -0.1) is 0 Å². The molecule has 1 amide bonds. The van der Waals surface area contributed by atoms with Gasteiger partial charge in [0.05, 0.1) is 23.0 Å². The highest BCUT2D eigenvalue weighted by atomic mass is 19.4. The first-order valence-corrected chi connectivity index (χ1v) is 6.68. The number of H-pyrrole nitrogens is 1. The first kappa shape index (κ1) is 14.9. The Morgan fingerprint density at radius 1 is 1.25 bits per heavy atom. The van der Waals surface area contributed by atoms with Gasteiger partial charge in [-0.05, 0) is 39.5 Å². The minimum Gasteiger partial charge on any atom is -0.323 e. The third-order valence-electron chi connectivity index (χ3n) is 3.94. The van der Waals surface area contributed by atoms with Gasteiger partial charge in [0.15, 0.2) is 0 Å². The van der Waals surface area contributed by atoms with E-state index in [1.807, 2.05) is 0 Å². The minimum atomic E-state index is -4.14. The van der Waals surface area contributed by atoms with Crippen molar-refractivity contribution in [1.29, 1.82) is 0 Å². The summed E-state index contributed by atoms with van der Waals surface area (Å²) in [5.41, 5.74) is 2.06. The monoisotopic (exact) mass is 289 g/mol. The van der Waals surface area contributed by atoms with E-state index in [9.17, 15) is 18.0 Å². The van der Waals surface area contributed by atoms with Gasteiger partial charge in [0.2, 0.25) is 5.91 Å². The second kappa shape index (κ2) is 5.46. The Bertz CT molecular complexity index is 468. The standard InChI is InChI=1S/C13H18F3N3O/c1-7-11(8(2)19-18-7)17-12(20)9-3-5-10(6-4-9)13(14,15)16/h9-10H,3-6H2,1-2H3,(H,17,20)(H,18,19). The number of amides is 1.